The zero-order chi connectivity index (χ0) is 39.4. The molecule has 0 spiro atoms. The molecule has 1 aliphatic rings. The van der Waals surface area contributed by atoms with E-state index < -0.39 is 41.8 Å². The number of amides is 2. The Hall–Kier alpha value is -5.63. The third-order valence-corrected chi connectivity index (χ3v) is 10.1. The van der Waals surface area contributed by atoms with E-state index in [0.717, 1.165) is 28.7 Å². The summed E-state index contributed by atoms with van der Waals surface area (Å²) in [7, 11) is 0. The van der Waals surface area contributed by atoms with Crippen LogP contribution in [0.1, 0.15) is 53.4 Å². The molecular formula is C40H38F4N4O5S. The fourth-order valence-corrected chi connectivity index (χ4v) is 6.67. The molecule has 0 radical (unpaired) electrons. The molecule has 282 valence electrons. The lowest BCUT2D eigenvalue weighted by Gasteiger charge is -2.38. The van der Waals surface area contributed by atoms with E-state index in [-0.39, 0.29) is 47.5 Å². The van der Waals surface area contributed by atoms with Crippen molar-refractivity contribution in [3.8, 4) is 22.5 Å². The van der Waals surface area contributed by atoms with Gasteiger partial charge >= 0.3 is 12.3 Å². The maximum absolute atomic E-state index is 15.3. The number of nitrogens with one attached hydrogen (secondary N) is 1. The number of carbonyl (C=O) groups excluding carboxylic acids is 2. The molecule has 2 aromatic carbocycles. The molecule has 9 nitrogen and oxygen atoms in total. The summed E-state index contributed by atoms with van der Waals surface area (Å²) in [6, 6.07) is 13.6. The highest BCUT2D eigenvalue weighted by Crippen LogP contribution is 2.32. The molecule has 2 amide bonds. The van der Waals surface area contributed by atoms with Crippen LogP contribution in [-0.2, 0) is 26.2 Å². The number of hydrogen-bond acceptors (Lipinski definition) is 7. The van der Waals surface area contributed by atoms with E-state index in [4.69, 9.17) is 0 Å². The Morgan fingerprint density at radius 2 is 1.70 bits per heavy atom. The molecule has 1 aliphatic heterocycles. The number of carboxylic acid groups (broad SMARTS) is 1. The van der Waals surface area contributed by atoms with Crippen LogP contribution in [0.4, 0.5) is 17.6 Å². The van der Waals surface area contributed by atoms with E-state index in [0.29, 0.717) is 21.8 Å². The first kappa shape index (κ1) is 39.6. The Kier molecular flexibility index (Phi) is 11.8. The molecule has 3 heterocycles. The van der Waals surface area contributed by atoms with Crippen LogP contribution in [0.2, 0.25) is 0 Å². The lowest BCUT2D eigenvalue weighted by molar-refractivity contribution is -0.303. The topological polar surface area (TPSA) is 122 Å². The van der Waals surface area contributed by atoms with Crippen LogP contribution in [0, 0.1) is 11.7 Å². The van der Waals surface area contributed by atoms with Gasteiger partial charge in [0.05, 0.1) is 10.8 Å². The molecule has 0 saturated carbocycles. The number of ether oxygens (including phenoxy) is 1. The Balaban J connectivity index is 1.32. The third kappa shape index (κ3) is 9.47. The van der Waals surface area contributed by atoms with Gasteiger partial charge in [0.25, 0.3) is 5.91 Å². The van der Waals surface area contributed by atoms with Crippen LogP contribution in [0.25, 0.3) is 28.1 Å². The Labute approximate surface area is 313 Å². The number of benzene rings is 2. The fraction of sp³-hybridized carbons (Fsp3) is 0.275. The zero-order valence-corrected chi connectivity index (χ0v) is 30.7. The minimum Gasteiger partial charge on any atom is -0.481 e. The van der Waals surface area contributed by atoms with Gasteiger partial charge in [0.15, 0.2) is 5.82 Å². The minimum atomic E-state index is -4.95. The fourth-order valence-electron chi connectivity index (χ4n) is 5.70. The zero-order valence-electron chi connectivity index (χ0n) is 29.9. The number of aliphatic carboxylic acids is 1. The van der Waals surface area contributed by atoms with E-state index >= 15 is 4.39 Å². The Morgan fingerprint density at radius 1 is 1.04 bits per heavy atom. The average Bonchev–Trinajstić information content (AvgIpc) is 3.59. The lowest BCUT2D eigenvalue weighted by atomic mass is 9.95. The monoisotopic (exact) mass is 762 g/mol. The highest BCUT2D eigenvalue weighted by molar-refractivity contribution is 7.14. The van der Waals surface area contributed by atoms with Crippen LogP contribution >= 0.6 is 11.3 Å². The van der Waals surface area contributed by atoms with E-state index in [1.807, 2.05) is 26.8 Å². The van der Waals surface area contributed by atoms with Gasteiger partial charge in [-0.15, -0.1) is 24.5 Å². The second-order valence-corrected chi connectivity index (χ2v) is 14.7. The van der Waals surface area contributed by atoms with E-state index in [1.54, 1.807) is 30.3 Å². The molecule has 0 bridgehead atoms. The van der Waals surface area contributed by atoms with Crippen molar-refractivity contribution < 1.29 is 41.8 Å². The van der Waals surface area contributed by atoms with Crippen molar-refractivity contribution in [1.82, 2.24) is 20.2 Å². The maximum atomic E-state index is 15.3. The Morgan fingerprint density at radius 3 is 2.24 bits per heavy atom. The number of thiophene rings is 1. The van der Waals surface area contributed by atoms with Gasteiger partial charge in [-0.25, -0.2) is 14.4 Å². The van der Waals surface area contributed by atoms with Crippen LogP contribution in [0.15, 0.2) is 97.6 Å². The number of aromatic nitrogens is 2. The summed E-state index contributed by atoms with van der Waals surface area (Å²) in [5.41, 5.74) is 1.72. The number of hydrogen-bond donors (Lipinski definition) is 2. The summed E-state index contributed by atoms with van der Waals surface area (Å²) in [5.74, 6) is -3.32. The summed E-state index contributed by atoms with van der Waals surface area (Å²) in [5, 5.41) is 12.2. The number of likely N-dealkylation sites (tertiary alicyclic amines) is 1. The van der Waals surface area contributed by atoms with Gasteiger partial charge in [0.2, 0.25) is 5.91 Å². The third-order valence-electron chi connectivity index (χ3n) is 8.62. The lowest BCUT2D eigenvalue weighted by Crippen LogP contribution is -2.59. The molecule has 0 aliphatic carbocycles. The number of nitrogens with zero attached hydrogens (tertiary/aromatic N) is 3. The van der Waals surface area contributed by atoms with Gasteiger partial charge in [0.1, 0.15) is 17.6 Å². The predicted octanol–water partition coefficient (Wildman–Crippen LogP) is 8.20. The standard InChI is InChI=1S/C40H38F4N4O5S/c1-6-8-32(53-40(42,43)44)28(7-2)25-13-14-29(30(41)18-25)26-19-45-35(46-20-26)24-11-9-23(10-12-24)17-31(37(50)48-21-27(22-48)38(51)52)47-36(49)33-15-16-34(54-33)39(3,4)5/h6-16,18-20,27,31H,2,17,21-22H2,1,3-5H3,(H,47,49)(H,51,52)/b8-6-,32-28-. The van der Waals surface area contributed by atoms with Gasteiger partial charge in [-0.05, 0) is 47.7 Å². The van der Waals surface area contributed by atoms with Crippen molar-refractivity contribution in [2.24, 2.45) is 5.92 Å². The molecule has 1 unspecified atom stereocenters. The molecule has 2 aromatic heterocycles. The van der Waals surface area contributed by atoms with E-state index in [9.17, 15) is 32.7 Å². The first-order valence-corrected chi connectivity index (χ1v) is 17.7. The molecule has 1 saturated heterocycles. The largest absolute Gasteiger partial charge is 0.573 e. The second kappa shape index (κ2) is 16.2. The molecule has 4 aromatic rings. The summed E-state index contributed by atoms with van der Waals surface area (Å²) >= 11 is 1.35. The van der Waals surface area contributed by atoms with E-state index in [2.05, 4.69) is 26.6 Å². The van der Waals surface area contributed by atoms with E-state index in [1.165, 1.54) is 53.8 Å². The molecule has 2 N–H and O–H groups in total. The molecular weight excluding hydrogens is 725 g/mol. The number of allylic oxidation sites excluding steroid dienone is 4. The molecule has 5 rings (SSSR count). The van der Waals surface area contributed by atoms with Crippen LogP contribution in [-0.4, -0.2) is 63.3 Å². The van der Waals surface area contributed by atoms with Gasteiger partial charge in [-0.3, -0.25) is 14.4 Å². The summed E-state index contributed by atoms with van der Waals surface area (Å²) in [4.78, 5) is 49.8. The number of carboxylic acids is 1. The van der Waals surface area contributed by atoms with Crippen molar-refractivity contribution >= 4 is 34.7 Å². The highest BCUT2D eigenvalue weighted by atomic mass is 32.1. The highest BCUT2D eigenvalue weighted by Gasteiger charge is 2.39. The molecule has 1 fully saturated rings. The van der Waals surface area contributed by atoms with Gasteiger partial charge in [-0.1, -0.05) is 75.9 Å². The summed E-state index contributed by atoms with van der Waals surface area (Å²) in [6.07, 6.45) is 1.68. The van der Waals surface area contributed by atoms with Crippen LogP contribution in [0.3, 0.4) is 0 Å². The first-order valence-electron chi connectivity index (χ1n) is 16.9. The van der Waals surface area contributed by atoms with Crippen LogP contribution < -0.4 is 5.32 Å². The van der Waals surface area contributed by atoms with Crippen molar-refractivity contribution in [3.63, 3.8) is 0 Å². The van der Waals surface area contributed by atoms with Gasteiger partial charge < -0.3 is 20.1 Å². The van der Waals surface area contributed by atoms with Gasteiger partial charge in [-0.2, -0.15) is 0 Å². The molecule has 14 heteroatoms. The number of alkyl halides is 3. The quantitative estimate of drug-likeness (QED) is 0.0848. The SMILES string of the molecule is C=C/C(=C(\C=C/C)OC(F)(F)F)c1ccc(-c2cnc(-c3ccc(CC(NC(=O)c4ccc(C(C)(C)C)s4)C(=O)N4CC(C(=O)O)C4)cc3)nc2)c(F)c1. The number of rotatable bonds is 12. The smallest absolute Gasteiger partial charge is 0.481 e. The van der Waals surface area contributed by atoms with Crippen molar-refractivity contribution in [2.75, 3.05) is 13.1 Å². The average molecular weight is 763 g/mol. The van der Waals surface area contributed by atoms with Crippen molar-refractivity contribution in [2.45, 2.75) is 51.9 Å². The minimum absolute atomic E-state index is 0.0476. The Bertz CT molecular complexity index is 2100. The van der Waals surface area contributed by atoms with Crippen molar-refractivity contribution in [1.29, 1.82) is 0 Å². The normalized spacial score (nSPS) is 14.6. The van der Waals surface area contributed by atoms with Crippen molar-refractivity contribution in [3.05, 3.63) is 124 Å². The maximum Gasteiger partial charge on any atom is 0.573 e. The molecule has 1 atom stereocenters. The summed E-state index contributed by atoms with van der Waals surface area (Å²) < 4.78 is 58.5. The first-order chi connectivity index (χ1) is 25.5. The molecule has 54 heavy (non-hydrogen) atoms. The van der Waals surface area contributed by atoms with Gasteiger partial charge in [0, 0.05) is 59.0 Å². The summed E-state index contributed by atoms with van der Waals surface area (Å²) in [6.45, 7) is 11.3. The second-order valence-electron chi connectivity index (χ2n) is 13.6. The van der Waals surface area contributed by atoms with Crippen LogP contribution in [0.5, 0.6) is 0 Å². The number of carbonyl (C=O) groups is 3. The predicted molar refractivity (Wildman–Crippen MR) is 198 cm³/mol. The number of halogens is 4.